The van der Waals surface area contributed by atoms with Gasteiger partial charge in [-0.05, 0) is 53.6 Å². The standard InChI is InChI=1S/C39H43N3O6Si/c1-26-36(49(3,4)31-18-16-30(47-2)17-19-31)34(24-35(44)42(21-22-43)25-27-11-7-5-8-12-27)48-39(26)32-23-29(15-20-33(32)41-38(39)46)40-37(45)28-13-9-6-10-14-28/h5-20,23,26,34,36,43H,21-22,24-25H2,1-4H3,(H,40,45)(H,41,46)/t26-,34+,36-,39+/m1/s1. The lowest BCUT2D eigenvalue weighted by atomic mass is 9.82. The summed E-state index contributed by atoms with van der Waals surface area (Å²) in [5, 5.41) is 17.1. The Balaban J connectivity index is 1.38. The molecule has 1 fully saturated rings. The number of carbonyl (C=O) groups is 3. The number of methoxy groups -OCH3 is 1. The Morgan fingerprint density at radius 2 is 1.65 bits per heavy atom. The van der Waals surface area contributed by atoms with Crippen molar-refractivity contribution in [3.05, 3.63) is 120 Å². The lowest BCUT2D eigenvalue weighted by molar-refractivity contribution is -0.148. The van der Waals surface area contributed by atoms with Gasteiger partial charge in [0.1, 0.15) is 5.75 Å². The predicted octanol–water partition coefficient (Wildman–Crippen LogP) is 5.53. The SMILES string of the molecule is COc1ccc([Si](C)(C)[C@H]2[C@H](CC(=O)N(CCO)Cc3ccccc3)O[C@@]3(C(=O)Nc4ccc(NC(=O)c5ccccc5)cc43)[C@@H]2C)cc1. The number of hydrogen-bond acceptors (Lipinski definition) is 6. The average Bonchev–Trinajstić information content (AvgIpc) is 3.57. The summed E-state index contributed by atoms with van der Waals surface area (Å²) in [5.41, 5.74) is 1.75. The van der Waals surface area contributed by atoms with E-state index in [0.717, 1.165) is 16.5 Å². The van der Waals surface area contributed by atoms with Crippen molar-refractivity contribution in [2.75, 3.05) is 30.9 Å². The Morgan fingerprint density at radius 1 is 0.980 bits per heavy atom. The van der Waals surface area contributed by atoms with Crippen LogP contribution in [0.1, 0.15) is 34.8 Å². The van der Waals surface area contributed by atoms with Crippen molar-refractivity contribution < 1.29 is 29.0 Å². The first-order chi connectivity index (χ1) is 23.6. The number of amides is 3. The number of aliphatic hydroxyl groups excluding tert-OH is 1. The minimum atomic E-state index is -2.48. The van der Waals surface area contributed by atoms with Crippen molar-refractivity contribution >= 4 is 42.4 Å². The van der Waals surface area contributed by atoms with Crippen molar-refractivity contribution in [2.45, 2.75) is 50.2 Å². The molecule has 0 aromatic heterocycles. The van der Waals surface area contributed by atoms with E-state index in [1.807, 2.05) is 61.5 Å². The molecule has 2 heterocycles. The lowest BCUT2D eigenvalue weighted by Gasteiger charge is -2.37. The number of rotatable bonds is 11. The van der Waals surface area contributed by atoms with Crippen LogP contribution in [-0.4, -0.2) is 62.2 Å². The molecule has 6 rings (SSSR count). The van der Waals surface area contributed by atoms with E-state index in [-0.39, 0.29) is 48.8 Å². The first-order valence-electron chi connectivity index (χ1n) is 16.7. The number of carbonyl (C=O) groups excluding carboxylic acids is 3. The molecule has 0 aliphatic carbocycles. The van der Waals surface area contributed by atoms with Gasteiger partial charge in [-0.1, -0.05) is 85.9 Å². The topological polar surface area (TPSA) is 117 Å². The molecule has 49 heavy (non-hydrogen) atoms. The maximum atomic E-state index is 14.2. The molecule has 10 heteroatoms. The van der Waals surface area contributed by atoms with Gasteiger partial charge in [-0.25, -0.2) is 0 Å². The lowest BCUT2D eigenvalue weighted by Crippen LogP contribution is -2.52. The Labute approximate surface area is 288 Å². The molecule has 254 valence electrons. The van der Waals surface area contributed by atoms with Crippen molar-refractivity contribution in [1.82, 2.24) is 4.90 Å². The fourth-order valence-electron chi connectivity index (χ4n) is 7.72. The molecule has 4 aromatic carbocycles. The van der Waals surface area contributed by atoms with Crippen LogP contribution in [-0.2, 0) is 26.5 Å². The van der Waals surface area contributed by atoms with Gasteiger partial charge >= 0.3 is 0 Å². The third-order valence-corrected chi connectivity index (χ3v) is 14.6. The highest BCUT2D eigenvalue weighted by atomic mass is 28.3. The summed E-state index contributed by atoms with van der Waals surface area (Å²) in [7, 11) is -0.846. The largest absolute Gasteiger partial charge is 0.497 e. The van der Waals surface area contributed by atoms with Gasteiger partial charge in [-0.15, -0.1) is 0 Å². The number of ether oxygens (including phenoxy) is 2. The molecule has 2 aliphatic heterocycles. The normalized spacial score (nSPS) is 21.2. The molecule has 0 bridgehead atoms. The molecule has 9 nitrogen and oxygen atoms in total. The van der Waals surface area contributed by atoms with E-state index < -0.39 is 19.8 Å². The van der Waals surface area contributed by atoms with Crippen LogP contribution in [0, 0.1) is 5.92 Å². The van der Waals surface area contributed by atoms with Crippen molar-refractivity contribution in [1.29, 1.82) is 0 Å². The van der Waals surface area contributed by atoms with E-state index in [0.29, 0.717) is 29.0 Å². The Bertz CT molecular complexity index is 1820. The molecule has 4 atom stereocenters. The first kappa shape index (κ1) is 34.1. The molecule has 0 unspecified atom stereocenters. The van der Waals surface area contributed by atoms with Gasteiger partial charge in [0.05, 0.1) is 34.3 Å². The smallest absolute Gasteiger partial charge is 0.261 e. The number of fused-ring (bicyclic) bond motifs is 2. The molecule has 0 radical (unpaired) electrons. The Kier molecular flexibility index (Phi) is 9.74. The van der Waals surface area contributed by atoms with Crippen molar-refractivity contribution in [3.8, 4) is 5.75 Å². The van der Waals surface area contributed by atoms with E-state index >= 15 is 0 Å². The predicted molar refractivity (Wildman–Crippen MR) is 193 cm³/mol. The highest BCUT2D eigenvalue weighted by Crippen LogP contribution is 2.59. The number of nitrogens with one attached hydrogen (secondary N) is 2. The first-order valence-corrected chi connectivity index (χ1v) is 19.7. The number of anilines is 2. The molecule has 1 saturated heterocycles. The molecular formula is C39H43N3O6Si. The van der Waals surface area contributed by atoms with Crippen LogP contribution in [0.25, 0.3) is 0 Å². The zero-order chi connectivity index (χ0) is 34.8. The zero-order valence-electron chi connectivity index (χ0n) is 28.3. The van der Waals surface area contributed by atoms with E-state index in [1.165, 1.54) is 0 Å². The van der Waals surface area contributed by atoms with E-state index in [4.69, 9.17) is 9.47 Å². The molecule has 0 saturated carbocycles. The van der Waals surface area contributed by atoms with E-state index in [1.54, 1.807) is 48.4 Å². The van der Waals surface area contributed by atoms with Gasteiger partial charge < -0.3 is 30.1 Å². The summed E-state index contributed by atoms with van der Waals surface area (Å²) in [4.78, 5) is 43.0. The highest BCUT2D eigenvalue weighted by Gasteiger charge is 2.65. The minimum absolute atomic E-state index is 0.0449. The summed E-state index contributed by atoms with van der Waals surface area (Å²) in [6.45, 7) is 6.93. The minimum Gasteiger partial charge on any atom is -0.497 e. The third kappa shape index (κ3) is 6.51. The Morgan fingerprint density at radius 3 is 2.31 bits per heavy atom. The summed E-state index contributed by atoms with van der Waals surface area (Å²) in [6, 6.07) is 32.1. The molecular weight excluding hydrogens is 635 g/mol. The van der Waals surface area contributed by atoms with E-state index in [9.17, 15) is 19.5 Å². The Hall–Kier alpha value is -4.77. The maximum Gasteiger partial charge on any atom is 0.261 e. The summed E-state index contributed by atoms with van der Waals surface area (Å²) in [5.74, 6) is -0.265. The fraction of sp³-hybridized carbons (Fsp3) is 0.308. The quantitative estimate of drug-likeness (QED) is 0.180. The maximum absolute atomic E-state index is 14.2. The van der Waals surface area contributed by atoms with Crippen LogP contribution in [0.3, 0.4) is 0 Å². The number of aliphatic hydroxyl groups is 1. The van der Waals surface area contributed by atoms with Gasteiger partial charge in [0.2, 0.25) is 5.91 Å². The van der Waals surface area contributed by atoms with Crippen LogP contribution < -0.4 is 20.6 Å². The second kappa shape index (κ2) is 14.0. The molecule has 3 amide bonds. The second-order valence-corrected chi connectivity index (χ2v) is 18.1. The average molecular weight is 678 g/mol. The van der Waals surface area contributed by atoms with Gasteiger partial charge in [0, 0.05) is 41.5 Å². The molecule has 3 N–H and O–H groups in total. The highest BCUT2D eigenvalue weighted by molar-refractivity contribution is 6.91. The van der Waals surface area contributed by atoms with Gasteiger partial charge in [0.15, 0.2) is 5.60 Å². The van der Waals surface area contributed by atoms with Gasteiger partial charge in [-0.3, -0.25) is 14.4 Å². The van der Waals surface area contributed by atoms with Crippen LogP contribution in [0.2, 0.25) is 18.6 Å². The molecule has 2 aliphatic rings. The monoisotopic (exact) mass is 677 g/mol. The van der Waals surface area contributed by atoms with E-state index in [2.05, 4.69) is 35.9 Å². The summed E-state index contributed by atoms with van der Waals surface area (Å²) < 4.78 is 12.4. The fourth-order valence-corrected chi connectivity index (χ4v) is 11.7. The van der Waals surface area contributed by atoms with Crippen molar-refractivity contribution in [2.24, 2.45) is 5.92 Å². The van der Waals surface area contributed by atoms with Crippen molar-refractivity contribution in [3.63, 3.8) is 0 Å². The number of hydrogen-bond donors (Lipinski definition) is 3. The second-order valence-electron chi connectivity index (χ2n) is 13.4. The number of benzene rings is 4. The third-order valence-electron chi connectivity index (χ3n) is 10.2. The van der Waals surface area contributed by atoms with Gasteiger partial charge in [0.25, 0.3) is 11.8 Å². The van der Waals surface area contributed by atoms with Crippen LogP contribution >= 0.6 is 0 Å². The summed E-state index contributed by atoms with van der Waals surface area (Å²) in [6.07, 6.45) is -0.550. The number of nitrogens with zero attached hydrogens (tertiary/aromatic N) is 1. The molecule has 4 aromatic rings. The van der Waals surface area contributed by atoms with Crippen LogP contribution in [0.5, 0.6) is 5.75 Å². The van der Waals surface area contributed by atoms with Crippen LogP contribution in [0.4, 0.5) is 11.4 Å². The zero-order valence-corrected chi connectivity index (χ0v) is 29.3. The molecule has 1 spiro atoms. The van der Waals surface area contributed by atoms with Gasteiger partial charge in [-0.2, -0.15) is 0 Å². The summed E-state index contributed by atoms with van der Waals surface area (Å²) >= 11 is 0. The van der Waals surface area contributed by atoms with Crippen LogP contribution in [0.15, 0.2) is 103 Å².